The fraction of sp³-hybridized carbons (Fsp3) is 0.500. The first-order valence-corrected chi connectivity index (χ1v) is 10.6. The molecule has 1 aliphatic heterocycles. The van der Waals surface area contributed by atoms with Crippen molar-refractivity contribution in [1.29, 1.82) is 0 Å². The van der Waals surface area contributed by atoms with Crippen molar-refractivity contribution in [1.82, 2.24) is 19.9 Å². The maximum atomic E-state index is 6.01. The molecule has 6 nitrogen and oxygen atoms in total. The minimum atomic E-state index is 0.334. The number of nitrogens with two attached hydrogens (primary N) is 1. The molecule has 0 radical (unpaired) electrons. The van der Waals surface area contributed by atoms with Crippen LogP contribution in [-0.4, -0.2) is 39.1 Å². The lowest BCUT2D eigenvalue weighted by Crippen LogP contribution is -2.40. The molecule has 0 aromatic carbocycles. The van der Waals surface area contributed by atoms with E-state index in [-0.39, 0.29) is 0 Å². The zero-order valence-electron chi connectivity index (χ0n) is 16.3. The van der Waals surface area contributed by atoms with Crippen LogP contribution in [0.3, 0.4) is 0 Å². The van der Waals surface area contributed by atoms with E-state index >= 15 is 0 Å². The van der Waals surface area contributed by atoms with Crippen LogP contribution in [0, 0.1) is 0 Å². The molecule has 146 valence electrons. The first-order valence-electron chi connectivity index (χ1n) is 10.6. The largest absolute Gasteiger partial charge is 0.357 e. The van der Waals surface area contributed by atoms with Gasteiger partial charge in [0.05, 0.1) is 5.52 Å². The van der Waals surface area contributed by atoms with Crippen LogP contribution in [-0.2, 0) is 0 Å². The van der Waals surface area contributed by atoms with E-state index in [1.54, 1.807) is 0 Å². The molecule has 5 rings (SSSR count). The number of piperidine rings is 1. The van der Waals surface area contributed by atoms with E-state index in [4.69, 9.17) is 15.7 Å². The first-order chi connectivity index (χ1) is 13.8. The fourth-order valence-electron chi connectivity index (χ4n) is 4.52. The van der Waals surface area contributed by atoms with Gasteiger partial charge in [0.15, 0.2) is 5.65 Å². The minimum absolute atomic E-state index is 0.334. The molecule has 28 heavy (non-hydrogen) atoms. The van der Waals surface area contributed by atoms with Crippen LogP contribution in [0.2, 0.25) is 0 Å². The molecule has 6 heteroatoms. The van der Waals surface area contributed by atoms with Crippen molar-refractivity contribution in [2.24, 2.45) is 5.73 Å². The normalized spacial score (nSPS) is 19.4. The molecule has 0 bridgehead atoms. The van der Waals surface area contributed by atoms with Gasteiger partial charge in [-0.05, 0) is 43.9 Å². The van der Waals surface area contributed by atoms with Crippen LogP contribution in [0.25, 0.3) is 22.3 Å². The smallest absolute Gasteiger partial charge is 0.177 e. The lowest BCUT2D eigenvalue weighted by molar-refractivity contribution is 0.431. The second-order valence-corrected chi connectivity index (χ2v) is 8.28. The van der Waals surface area contributed by atoms with Crippen molar-refractivity contribution in [3.05, 3.63) is 36.4 Å². The van der Waals surface area contributed by atoms with Crippen molar-refractivity contribution in [2.45, 2.75) is 56.9 Å². The Kier molecular flexibility index (Phi) is 4.72. The summed E-state index contributed by atoms with van der Waals surface area (Å²) in [5.74, 6) is 2.70. The average molecular weight is 377 g/mol. The Morgan fingerprint density at radius 2 is 1.71 bits per heavy atom. The van der Waals surface area contributed by atoms with Gasteiger partial charge < -0.3 is 15.6 Å². The number of anilines is 1. The van der Waals surface area contributed by atoms with Crippen LogP contribution in [0.1, 0.15) is 56.7 Å². The van der Waals surface area contributed by atoms with Gasteiger partial charge in [0.2, 0.25) is 0 Å². The molecule has 0 spiro atoms. The summed E-state index contributed by atoms with van der Waals surface area (Å²) in [6.45, 7) is 1.97. The Morgan fingerprint density at radius 1 is 0.929 bits per heavy atom. The molecule has 4 heterocycles. The van der Waals surface area contributed by atoms with Crippen LogP contribution in [0.15, 0.2) is 30.6 Å². The Balaban J connectivity index is 1.36. The average Bonchev–Trinajstić information content (AvgIpc) is 3.19. The molecular formula is C22H28N6. The third kappa shape index (κ3) is 3.49. The summed E-state index contributed by atoms with van der Waals surface area (Å²) in [4.78, 5) is 19.9. The Labute approximate surface area is 165 Å². The molecule has 3 N–H and O–H groups in total. The molecule has 0 amide bonds. The molecule has 3 aromatic rings. The van der Waals surface area contributed by atoms with E-state index in [0.29, 0.717) is 12.0 Å². The van der Waals surface area contributed by atoms with Gasteiger partial charge in [-0.1, -0.05) is 19.3 Å². The number of aromatic amines is 1. The summed E-state index contributed by atoms with van der Waals surface area (Å²) in [5, 5.41) is 0. The molecule has 2 fully saturated rings. The monoisotopic (exact) mass is 376 g/mol. The van der Waals surface area contributed by atoms with Crippen LogP contribution in [0.5, 0.6) is 0 Å². The van der Waals surface area contributed by atoms with E-state index in [1.165, 1.54) is 32.1 Å². The van der Waals surface area contributed by atoms with E-state index < -0.39 is 0 Å². The van der Waals surface area contributed by atoms with E-state index in [9.17, 15) is 0 Å². The number of nitrogens with one attached hydrogen (secondary N) is 1. The lowest BCUT2D eigenvalue weighted by atomic mass is 9.89. The predicted molar refractivity (Wildman–Crippen MR) is 112 cm³/mol. The molecule has 0 unspecified atom stereocenters. The van der Waals surface area contributed by atoms with E-state index in [0.717, 1.165) is 59.9 Å². The van der Waals surface area contributed by atoms with Gasteiger partial charge in [-0.3, -0.25) is 0 Å². The number of nitrogens with zero attached hydrogens (tertiary/aromatic N) is 4. The predicted octanol–water partition coefficient (Wildman–Crippen LogP) is 4.00. The zero-order chi connectivity index (χ0) is 18.9. The summed E-state index contributed by atoms with van der Waals surface area (Å²) < 4.78 is 0. The molecular weight excluding hydrogens is 348 g/mol. The summed E-state index contributed by atoms with van der Waals surface area (Å²) in [6.07, 6.45) is 12.4. The minimum Gasteiger partial charge on any atom is -0.357 e. The number of aromatic nitrogens is 4. The summed E-state index contributed by atoms with van der Waals surface area (Å²) in [6, 6.07) is 6.73. The van der Waals surface area contributed by atoms with Crippen molar-refractivity contribution < 1.29 is 0 Å². The molecule has 2 aliphatic rings. The second-order valence-electron chi connectivity index (χ2n) is 8.28. The van der Waals surface area contributed by atoms with Gasteiger partial charge in [-0.2, -0.15) is 0 Å². The zero-order valence-corrected chi connectivity index (χ0v) is 16.3. The number of hydrogen-bond donors (Lipinski definition) is 2. The summed E-state index contributed by atoms with van der Waals surface area (Å²) in [7, 11) is 0. The van der Waals surface area contributed by atoms with E-state index in [1.807, 2.05) is 12.4 Å². The summed E-state index contributed by atoms with van der Waals surface area (Å²) in [5.41, 5.74) is 10.0. The highest BCUT2D eigenvalue weighted by Crippen LogP contribution is 2.32. The highest BCUT2D eigenvalue weighted by molar-refractivity contribution is 5.78. The Morgan fingerprint density at radius 3 is 2.46 bits per heavy atom. The van der Waals surface area contributed by atoms with Crippen LogP contribution in [0.4, 0.5) is 5.82 Å². The van der Waals surface area contributed by atoms with Crippen molar-refractivity contribution in [3.63, 3.8) is 0 Å². The van der Waals surface area contributed by atoms with Gasteiger partial charge in [-0.25, -0.2) is 15.0 Å². The SMILES string of the molecule is NC1CCN(c2ccc(-c3cnc4nc(C5CCCCC5)[nH]c4c3)cn2)CC1. The van der Waals surface area contributed by atoms with Crippen molar-refractivity contribution in [2.75, 3.05) is 18.0 Å². The van der Waals surface area contributed by atoms with Crippen molar-refractivity contribution in [3.8, 4) is 11.1 Å². The third-order valence-electron chi connectivity index (χ3n) is 6.29. The highest BCUT2D eigenvalue weighted by atomic mass is 15.2. The highest BCUT2D eigenvalue weighted by Gasteiger charge is 2.20. The van der Waals surface area contributed by atoms with Gasteiger partial charge in [-0.15, -0.1) is 0 Å². The standard InChI is InChI=1S/C22H28N6/c23-18-8-10-28(11-9-18)20-7-6-16(13-24-20)17-12-19-22(25-14-17)27-21(26-19)15-4-2-1-3-5-15/h6-7,12-15,18H,1-5,8-11,23H2,(H,25,26,27). The van der Waals surface area contributed by atoms with Crippen LogP contribution >= 0.6 is 0 Å². The molecule has 1 saturated heterocycles. The number of pyridine rings is 2. The van der Waals surface area contributed by atoms with Crippen LogP contribution < -0.4 is 10.6 Å². The number of H-pyrrole nitrogens is 1. The van der Waals surface area contributed by atoms with Gasteiger partial charge in [0, 0.05) is 48.6 Å². The first kappa shape index (κ1) is 17.6. The number of fused-ring (bicyclic) bond motifs is 1. The second kappa shape index (κ2) is 7.51. The fourth-order valence-corrected chi connectivity index (χ4v) is 4.52. The number of hydrogen-bond acceptors (Lipinski definition) is 5. The maximum absolute atomic E-state index is 6.01. The Hall–Kier alpha value is -2.47. The lowest BCUT2D eigenvalue weighted by Gasteiger charge is -2.31. The molecule has 1 aliphatic carbocycles. The van der Waals surface area contributed by atoms with Gasteiger partial charge in [0.1, 0.15) is 11.6 Å². The number of rotatable bonds is 3. The third-order valence-corrected chi connectivity index (χ3v) is 6.29. The van der Waals surface area contributed by atoms with Gasteiger partial charge >= 0.3 is 0 Å². The number of imidazole rings is 1. The Bertz CT molecular complexity index is 933. The topological polar surface area (TPSA) is 83.7 Å². The quantitative estimate of drug-likeness (QED) is 0.722. The van der Waals surface area contributed by atoms with E-state index in [2.05, 4.69) is 33.1 Å². The maximum Gasteiger partial charge on any atom is 0.177 e. The molecule has 3 aromatic heterocycles. The molecule has 1 saturated carbocycles. The molecule has 0 atom stereocenters. The summed E-state index contributed by atoms with van der Waals surface area (Å²) >= 11 is 0. The van der Waals surface area contributed by atoms with Crippen molar-refractivity contribution >= 4 is 17.0 Å². The van der Waals surface area contributed by atoms with Gasteiger partial charge in [0.25, 0.3) is 0 Å².